The van der Waals surface area contributed by atoms with E-state index in [9.17, 15) is 10.1 Å². The Kier molecular flexibility index (Phi) is 4.13. The summed E-state index contributed by atoms with van der Waals surface area (Å²) in [6, 6.07) is 15.0. The zero-order valence-corrected chi connectivity index (χ0v) is 13.3. The lowest BCUT2D eigenvalue weighted by molar-refractivity contribution is 0.102. The smallest absolute Gasteiger partial charge is 0.278 e. The summed E-state index contributed by atoms with van der Waals surface area (Å²) >= 11 is 0. The van der Waals surface area contributed by atoms with Crippen molar-refractivity contribution in [1.82, 2.24) is 4.98 Å². The van der Waals surface area contributed by atoms with Crippen LogP contribution >= 0.6 is 0 Å². The number of benzene rings is 2. The van der Waals surface area contributed by atoms with E-state index >= 15 is 0 Å². The van der Waals surface area contributed by atoms with Crippen molar-refractivity contribution in [2.75, 3.05) is 5.32 Å². The monoisotopic (exact) mass is 317 g/mol. The molecule has 0 saturated heterocycles. The molecule has 0 atom stereocenters. The highest BCUT2D eigenvalue weighted by atomic mass is 16.3. The molecule has 5 heteroatoms. The van der Waals surface area contributed by atoms with Crippen molar-refractivity contribution in [3.05, 3.63) is 71.2 Å². The van der Waals surface area contributed by atoms with Crippen molar-refractivity contribution in [1.29, 1.82) is 5.26 Å². The predicted octanol–water partition coefficient (Wildman–Crippen LogP) is 4.08. The summed E-state index contributed by atoms with van der Waals surface area (Å²) < 4.78 is 5.43. The molecule has 3 rings (SSSR count). The first-order chi connectivity index (χ1) is 11.6. The lowest BCUT2D eigenvalue weighted by atomic mass is 10.0. The predicted molar refractivity (Wildman–Crippen MR) is 90.5 cm³/mol. The van der Waals surface area contributed by atoms with E-state index in [1.165, 1.54) is 6.39 Å². The second-order valence-electron chi connectivity index (χ2n) is 5.41. The third-order valence-electron chi connectivity index (χ3n) is 3.81. The van der Waals surface area contributed by atoms with Gasteiger partial charge in [-0.1, -0.05) is 36.4 Å². The number of carbonyl (C=O) groups is 1. The van der Waals surface area contributed by atoms with E-state index in [1.807, 2.05) is 44.2 Å². The molecule has 2 aromatic carbocycles. The van der Waals surface area contributed by atoms with E-state index in [0.29, 0.717) is 17.0 Å². The number of hydrogen-bond acceptors (Lipinski definition) is 4. The van der Waals surface area contributed by atoms with Crippen molar-refractivity contribution in [2.24, 2.45) is 0 Å². The standard InChI is InChI=1S/C19H15N3O2/c1-12-6-3-4-8-14(12)18-17(21-11-24-18)19(23)22-16-9-5-7-13(2)15(16)10-20/h3-9,11H,1-2H3,(H,22,23). The van der Waals surface area contributed by atoms with Crippen molar-refractivity contribution < 1.29 is 9.21 Å². The van der Waals surface area contributed by atoms with Gasteiger partial charge in [0, 0.05) is 5.56 Å². The number of nitrogens with one attached hydrogen (secondary N) is 1. The Morgan fingerprint density at radius 2 is 1.88 bits per heavy atom. The van der Waals surface area contributed by atoms with Crippen LogP contribution in [0.3, 0.4) is 0 Å². The molecular formula is C19H15N3O2. The molecule has 0 aliphatic rings. The molecule has 0 radical (unpaired) electrons. The lowest BCUT2D eigenvalue weighted by Gasteiger charge is -2.09. The van der Waals surface area contributed by atoms with Gasteiger partial charge in [-0.2, -0.15) is 5.26 Å². The fraction of sp³-hybridized carbons (Fsp3) is 0.105. The van der Waals surface area contributed by atoms with Gasteiger partial charge in [0.05, 0.1) is 11.3 Å². The number of anilines is 1. The molecule has 0 fully saturated rings. The third kappa shape index (κ3) is 2.77. The summed E-state index contributed by atoms with van der Waals surface area (Å²) in [5.74, 6) is 0.000800. The maximum atomic E-state index is 12.6. The number of hydrogen-bond donors (Lipinski definition) is 1. The van der Waals surface area contributed by atoms with Crippen LogP contribution in [0.5, 0.6) is 0 Å². The Morgan fingerprint density at radius 3 is 2.62 bits per heavy atom. The number of nitrogens with zero attached hydrogens (tertiary/aromatic N) is 2. The van der Waals surface area contributed by atoms with Crippen LogP contribution in [-0.2, 0) is 0 Å². The normalized spacial score (nSPS) is 10.2. The lowest BCUT2D eigenvalue weighted by Crippen LogP contribution is -2.14. The minimum absolute atomic E-state index is 0.190. The van der Waals surface area contributed by atoms with Crippen LogP contribution in [0.25, 0.3) is 11.3 Å². The van der Waals surface area contributed by atoms with E-state index in [1.54, 1.807) is 12.1 Å². The molecule has 0 unspecified atom stereocenters. The maximum Gasteiger partial charge on any atom is 0.278 e. The highest BCUT2D eigenvalue weighted by Crippen LogP contribution is 2.27. The third-order valence-corrected chi connectivity index (χ3v) is 3.81. The van der Waals surface area contributed by atoms with Crippen molar-refractivity contribution >= 4 is 11.6 Å². The Labute approximate surface area is 139 Å². The second kappa shape index (κ2) is 6.39. The van der Waals surface area contributed by atoms with Crippen molar-refractivity contribution in [3.8, 4) is 17.4 Å². The van der Waals surface area contributed by atoms with Gasteiger partial charge >= 0.3 is 0 Å². The van der Waals surface area contributed by atoms with Gasteiger partial charge in [-0.05, 0) is 31.0 Å². The van der Waals surface area contributed by atoms with Crippen LogP contribution < -0.4 is 5.32 Å². The van der Waals surface area contributed by atoms with Crippen LogP contribution in [0.15, 0.2) is 53.3 Å². The highest BCUT2D eigenvalue weighted by molar-refractivity contribution is 6.07. The molecule has 1 N–H and O–H groups in total. The molecule has 0 bridgehead atoms. The molecule has 0 aliphatic carbocycles. The molecule has 0 spiro atoms. The zero-order valence-electron chi connectivity index (χ0n) is 13.3. The summed E-state index contributed by atoms with van der Waals surface area (Å²) in [4.78, 5) is 16.7. The number of oxazole rings is 1. The largest absolute Gasteiger partial charge is 0.443 e. The van der Waals surface area contributed by atoms with Gasteiger partial charge < -0.3 is 9.73 Å². The molecule has 0 saturated carbocycles. The molecule has 1 heterocycles. The van der Waals surface area contributed by atoms with E-state index in [2.05, 4.69) is 16.4 Å². The molecule has 118 valence electrons. The number of nitriles is 1. The molecule has 1 amide bonds. The van der Waals surface area contributed by atoms with E-state index in [-0.39, 0.29) is 5.69 Å². The fourth-order valence-corrected chi connectivity index (χ4v) is 2.53. The minimum atomic E-state index is -0.413. The minimum Gasteiger partial charge on any atom is -0.443 e. The van der Waals surface area contributed by atoms with Crippen LogP contribution in [0, 0.1) is 25.2 Å². The number of aromatic nitrogens is 1. The van der Waals surface area contributed by atoms with Crippen LogP contribution in [0.4, 0.5) is 5.69 Å². The first-order valence-corrected chi connectivity index (χ1v) is 7.42. The van der Waals surface area contributed by atoms with Gasteiger partial charge in [0.2, 0.25) is 0 Å². The number of carbonyl (C=O) groups excluding carboxylic acids is 1. The van der Waals surface area contributed by atoms with Gasteiger partial charge in [-0.3, -0.25) is 4.79 Å². The number of aryl methyl sites for hydroxylation is 2. The zero-order chi connectivity index (χ0) is 17.1. The Bertz CT molecular complexity index is 951. The van der Waals surface area contributed by atoms with E-state index in [4.69, 9.17) is 4.42 Å². The number of rotatable bonds is 3. The molecule has 0 aliphatic heterocycles. The SMILES string of the molecule is Cc1ccccc1-c1ocnc1C(=O)Nc1cccc(C)c1C#N. The molecular weight excluding hydrogens is 302 g/mol. The molecule has 3 aromatic rings. The van der Waals surface area contributed by atoms with Crippen LogP contribution in [0.1, 0.15) is 27.2 Å². The summed E-state index contributed by atoms with van der Waals surface area (Å²) in [6.07, 6.45) is 1.25. The van der Waals surface area contributed by atoms with Gasteiger partial charge in [-0.25, -0.2) is 4.98 Å². The van der Waals surface area contributed by atoms with Gasteiger partial charge in [0.15, 0.2) is 17.8 Å². The highest BCUT2D eigenvalue weighted by Gasteiger charge is 2.20. The second-order valence-corrected chi connectivity index (χ2v) is 5.41. The average Bonchev–Trinajstić information content (AvgIpc) is 3.05. The first kappa shape index (κ1) is 15.5. The first-order valence-electron chi connectivity index (χ1n) is 7.42. The summed E-state index contributed by atoms with van der Waals surface area (Å²) in [7, 11) is 0. The summed E-state index contributed by atoms with van der Waals surface area (Å²) in [5, 5.41) is 12.0. The summed E-state index contributed by atoms with van der Waals surface area (Å²) in [5.41, 5.74) is 3.68. The van der Waals surface area contributed by atoms with Gasteiger partial charge in [-0.15, -0.1) is 0 Å². The van der Waals surface area contributed by atoms with E-state index < -0.39 is 5.91 Å². The maximum absolute atomic E-state index is 12.6. The van der Waals surface area contributed by atoms with Gasteiger partial charge in [0.1, 0.15) is 6.07 Å². The Balaban J connectivity index is 1.97. The molecule has 1 aromatic heterocycles. The van der Waals surface area contributed by atoms with E-state index in [0.717, 1.165) is 16.7 Å². The van der Waals surface area contributed by atoms with Crippen LogP contribution in [0.2, 0.25) is 0 Å². The molecule has 24 heavy (non-hydrogen) atoms. The van der Waals surface area contributed by atoms with Gasteiger partial charge in [0.25, 0.3) is 5.91 Å². The molecule has 5 nitrogen and oxygen atoms in total. The number of amides is 1. The van der Waals surface area contributed by atoms with Crippen LogP contribution in [-0.4, -0.2) is 10.9 Å². The Morgan fingerprint density at radius 1 is 1.12 bits per heavy atom. The summed E-state index contributed by atoms with van der Waals surface area (Å²) in [6.45, 7) is 3.76. The fourth-order valence-electron chi connectivity index (χ4n) is 2.53. The average molecular weight is 317 g/mol. The topological polar surface area (TPSA) is 78.9 Å². The van der Waals surface area contributed by atoms with Crippen molar-refractivity contribution in [2.45, 2.75) is 13.8 Å². The quantitative estimate of drug-likeness (QED) is 0.789. The van der Waals surface area contributed by atoms with Crippen molar-refractivity contribution in [3.63, 3.8) is 0 Å². The Hall–Kier alpha value is -3.39.